The highest BCUT2D eigenvalue weighted by Gasteiger charge is 2.24. The zero-order chi connectivity index (χ0) is 19.2. The first-order valence-electron chi connectivity index (χ1n) is 10.4. The Labute approximate surface area is 163 Å². The summed E-state index contributed by atoms with van der Waals surface area (Å²) >= 11 is 0. The van der Waals surface area contributed by atoms with Crippen molar-refractivity contribution in [2.75, 3.05) is 32.7 Å². The molecule has 1 aliphatic heterocycles. The van der Waals surface area contributed by atoms with Crippen molar-refractivity contribution in [2.45, 2.75) is 57.9 Å². The van der Waals surface area contributed by atoms with E-state index >= 15 is 0 Å². The van der Waals surface area contributed by atoms with Gasteiger partial charge in [0.1, 0.15) is 0 Å². The van der Waals surface area contributed by atoms with E-state index in [4.69, 9.17) is 0 Å². The number of rotatable bonds is 5. The number of carbonyl (C=O) groups excluding carboxylic acids is 2. The molecule has 0 aromatic heterocycles. The number of benzene rings is 1. The Hall–Kier alpha value is -1.88. The molecule has 1 N–H and O–H groups in total. The van der Waals surface area contributed by atoms with Crippen molar-refractivity contribution in [3.05, 3.63) is 35.4 Å². The average molecular weight is 372 g/mol. The second kappa shape index (κ2) is 9.36. The van der Waals surface area contributed by atoms with Gasteiger partial charge in [-0.1, -0.05) is 31.4 Å². The van der Waals surface area contributed by atoms with Gasteiger partial charge in [0.2, 0.25) is 5.91 Å². The maximum absolute atomic E-state index is 12.8. The molecule has 0 spiro atoms. The van der Waals surface area contributed by atoms with Crippen LogP contribution >= 0.6 is 0 Å². The Morgan fingerprint density at radius 3 is 2.22 bits per heavy atom. The Kier molecular flexibility index (Phi) is 6.89. The minimum atomic E-state index is 0.0584. The Balaban J connectivity index is 1.49. The van der Waals surface area contributed by atoms with Crippen LogP contribution in [0.4, 0.5) is 0 Å². The first-order chi connectivity index (χ1) is 13.0. The van der Waals surface area contributed by atoms with Crippen molar-refractivity contribution in [1.29, 1.82) is 0 Å². The summed E-state index contributed by atoms with van der Waals surface area (Å²) in [6, 6.07) is 8.45. The van der Waals surface area contributed by atoms with Crippen LogP contribution in [-0.4, -0.2) is 60.4 Å². The fraction of sp³-hybridized carbons (Fsp3) is 0.636. The van der Waals surface area contributed by atoms with E-state index in [9.17, 15) is 9.59 Å². The number of amides is 2. The number of nitrogens with zero attached hydrogens (tertiary/aromatic N) is 2. The zero-order valence-corrected chi connectivity index (χ0v) is 16.7. The molecule has 0 radical (unpaired) electrons. The SMILES string of the molecule is CC(C)NC(=O)CN1CCN(C(=O)c2ccc(C3CCCCC3)cc2)CC1. The third-order valence-electron chi connectivity index (χ3n) is 5.71. The molecule has 2 aliphatic rings. The summed E-state index contributed by atoms with van der Waals surface area (Å²) in [6.07, 6.45) is 6.56. The zero-order valence-electron chi connectivity index (χ0n) is 16.7. The van der Waals surface area contributed by atoms with E-state index in [1.54, 1.807) is 0 Å². The molecule has 148 valence electrons. The molecule has 1 saturated carbocycles. The second-order valence-corrected chi connectivity index (χ2v) is 8.25. The van der Waals surface area contributed by atoms with Crippen LogP contribution in [0.1, 0.15) is 67.8 Å². The molecule has 1 saturated heterocycles. The van der Waals surface area contributed by atoms with Gasteiger partial charge in [0.15, 0.2) is 0 Å². The lowest BCUT2D eigenvalue weighted by Crippen LogP contribution is -2.51. The van der Waals surface area contributed by atoms with Gasteiger partial charge in [0.25, 0.3) is 5.91 Å². The molecule has 1 aliphatic carbocycles. The van der Waals surface area contributed by atoms with Crippen LogP contribution in [0.2, 0.25) is 0 Å². The summed E-state index contributed by atoms with van der Waals surface area (Å²) in [5.41, 5.74) is 2.16. The van der Waals surface area contributed by atoms with Crippen LogP contribution in [0.25, 0.3) is 0 Å². The molecule has 2 fully saturated rings. The summed E-state index contributed by atoms with van der Waals surface area (Å²) in [5, 5.41) is 2.92. The highest BCUT2D eigenvalue weighted by Crippen LogP contribution is 2.32. The lowest BCUT2D eigenvalue weighted by molar-refractivity contribution is -0.123. The fourth-order valence-electron chi connectivity index (χ4n) is 4.20. The van der Waals surface area contributed by atoms with E-state index in [2.05, 4.69) is 22.3 Å². The van der Waals surface area contributed by atoms with Crippen molar-refractivity contribution >= 4 is 11.8 Å². The van der Waals surface area contributed by atoms with Gasteiger partial charge in [-0.2, -0.15) is 0 Å². The lowest BCUT2D eigenvalue weighted by atomic mass is 9.84. The first kappa shape index (κ1) is 19.9. The van der Waals surface area contributed by atoms with Crippen molar-refractivity contribution in [3.63, 3.8) is 0 Å². The standard InChI is InChI=1S/C22H33N3O2/c1-17(2)23-21(26)16-24-12-14-25(15-13-24)22(27)20-10-8-19(9-11-20)18-6-4-3-5-7-18/h8-11,17-18H,3-7,12-16H2,1-2H3,(H,23,26). The van der Waals surface area contributed by atoms with E-state index < -0.39 is 0 Å². The van der Waals surface area contributed by atoms with Gasteiger partial charge >= 0.3 is 0 Å². The highest BCUT2D eigenvalue weighted by molar-refractivity contribution is 5.94. The number of hydrogen-bond donors (Lipinski definition) is 1. The number of nitrogens with one attached hydrogen (secondary N) is 1. The normalized spacial score (nSPS) is 19.3. The van der Waals surface area contributed by atoms with Crippen LogP contribution in [-0.2, 0) is 4.79 Å². The van der Waals surface area contributed by atoms with E-state index in [-0.39, 0.29) is 17.9 Å². The van der Waals surface area contributed by atoms with Crippen LogP contribution < -0.4 is 5.32 Å². The summed E-state index contributed by atoms with van der Waals surface area (Å²) in [4.78, 5) is 28.7. The van der Waals surface area contributed by atoms with E-state index in [0.29, 0.717) is 25.6 Å². The molecule has 27 heavy (non-hydrogen) atoms. The van der Waals surface area contributed by atoms with E-state index in [1.165, 1.54) is 37.7 Å². The molecule has 5 nitrogen and oxygen atoms in total. The predicted octanol–water partition coefficient (Wildman–Crippen LogP) is 3.02. The molecule has 1 aromatic carbocycles. The van der Waals surface area contributed by atoms with Crippen LogP contribution in [0.3, 0.4) is 0 Å². The van der Waals surface area contributed by atoms with Gasteiger partial charge in [0, 0.05) is 37.8 Å². The maximum Gasteiger partial charge on any atom is 0.253 e. The average Bonchev–Trinajstić information content (AvgIpc) is 2.68. The fourth-order valence-corrected chi connectivity index (χ4v) is 4.20. The Morgan fingerprint density at radius 1 is 1.00 bits per heavy atom. The number of piperazine rings is 1. The summed E-state index contributed by atoms with van der Waals surface area (Å²) in [6.45, 7) is 7.20. The summed E-state index contributed by atoms with van der Waals surface area (Å²) in [7, 11) is 0. The van der Waals surface area contributed by atoms with Crippen LogP contribution in [0.5, 0.6) is 0 Å². The second-order valence-electron chi connectivity index (χ2n) is 8.25. The molecule has 5 heteroatoms. The lowest BCUT2D eigenvalue weighted by Gasteiger charge is -2.34. The van der Waals surface area contributed by atoms with Crippen molar-refractivity contribution in [1.82, 2.24) is 15.1 Å². The molecule has 0 unspecified atom stereocenters. The monoisotopic (exact) mass is 371 g/mol. The first-order valence-corrected chi connectivity index (χ1v) is 10.4. The van der Waals surface area contributed by atoms with Crippen molar-refractivity contribution < 1.29 is 9.59 Å². The molecule has 1 aromatic rings. The Morgan fingerprint density at radius 2 is 1.63 bits per heavy atom. The van der Waals surface area contributed by atoms with Gasteiger partial charge in [-0.25, -0.2) is 0 Å². The molecule has 2 amide bonds. The highest BCUT2D eigenvalue weighted by atomic mass is 16.2. The van der Waals surface area contributed by atoms with Crippen LogP contribution in [0.15, 0.2) is 24.3 Å². The molecule has 0 bridgehead atoms. The van der Waals surface area contributed by atoms with Gasteiger partial charge in [-0.15, -0.1) is 0 Å². The van der Waals surface area contributed by atoms with E-state index in [0.717, 1.165) is 18.7 Å². The number of carbonyl (C=O) groups is 2. The van der Waals surface area contributed by atoms with Crippen molar-refractivity contribution in [2.24, 2.45) is 0 Å². The summed E-state index contributed by atoms with van der Waals surface area (Å²) in [5.74, 6) is 0.836. The molecular formula is C22H33N3O2. The molecule has 3 rings (SSSR count). The topological polar surface area (TPSA) is 52.7 Å². The van der Waals surface area contributed by atoms with Gasteiger partial charge in [-0.05, 0) is 50.3 Å². The van der Waals surface area contributed by atoms with Gasteiger partial charge < -0.3 is 10.2 Å². The minimum Gasteiger partial charge on any atom is -0.353 e. The third kappa shape index (κ3) is 5.55. The van der Waals surface area contributed by atoms with E-state index in [1.807, 2.05) is 30.9 Å². The minimum absolute atomic E-state index is 0.0584. The van der Waals surface area contributed by atoms with Gasteiger partial charge in [-0.3, -0.25) is 14.5 Å². The smallest absolute Gasteiger partial charge is 0.253 e. The molecule has 1 heterocycles. The Bertz CT molecular complexity index is 627. The quantitative estimate of drug-likeness (QED) is 0.866. The van der Waals surface area contributed by atoms with Crippen molar-refractivity contribution in [3.8, 4) is 0 Å². The molecular weight excluding hydrogens is 338 g/mol. The van der Waals surface area contributed by atoms with Crippen LogP contribution in [0, 0.1) is 0 Å². The number of hydrogen-bond acceptors (Lipinski definition) is 3. The largest absolute Gasteiger partial charge is 0.353 e. The summed E-state index contributed by atoms with van der Waals surface area (Å²) < 4.78 is 0. The maximum atomic E-state index is 12.8. The predicted molar refractivity (Wildman–Crippen MR) is 108 cm³/mol. The van der Waals surface area contributed by atoms with Gasteiger partial charge in [0.05, 0.1) is 6.54 Å². The third-order valence-corrected chi connectivity index (χ3v) is 5.71. The molecule has 0 atom stereocenters.